The van der Waals surface area contributed by atoms with Crippen LogP contribution in [0.2, 0.25) is 0 Å². The van der Waals surface area contributed by atoms with Crippen molar-refractivity contribution in [2.24, 2.45) is 5.41 Å². The van der Waals surface area contributed by atoms with Gasteiger partial charge in [0.2, 0.25) is 0 Å². The third kappa shape index (κ3) is 5.53. The van der Waals surface area contributed by atoms with Gasteiger partial charge in [-0.1, -0.05) is 13.3 Å². The molecule has 1 aliphatic rings. The minimum Gasteiger partial charge on any atom is -0.480 e. The zero-order valence-electron chi connectivity index (χ0n) is 10.1. The van der Waals surface area contributed by atoms with Crippen LogP contribution >= 0.6 is 0 Å². The monoisotopic (exact) mass is 244 g/mol. The molecule has 0 aromatic carbocycles. The number of urea groups is 1. The van der Waals surface area contributed by atoms with Crippen LogP contribution in [0.1, 0.15) is 26.2 Å². The smallest absolute Gasteiger partial charge is 0.329 e. The van der Waals surface area contributed by atoms with Gasteiger partial charge in [0, 0.05) is 13.1 Å². The summed E-state index contributed by atoms with van der Waals surface area (Å²) in [4.78, 5) is 21.5. The summed E-state index contributed by atoms with van der Waals surface area (Å²) in [6.45, 7) is 3.04. The number of rotatable bonds is 7. The molecule has 0 radical (unpaired) electrons. The third-order valence-electron chi connectivity index (χ3n) is 2.99. The van der Waals surface area contributed by atoms with Crippen LogP contribution in [-0.2, 0) is 9.53 Å². The fourth-order valence-electron chi connectivity index (χ4n) is 1.71. The average Bonchev–Trinajstić information content (AvgIpc) is 2.23. The van der Waals surface area contributed by atoms with E-state index in [1.807, 2.05) is 0 Å². The first-order valence-corrected chi connectivity index (χ1v) is 5.83. The summed E-state index contributed by atoms with van der Waals surface area (Å²) >= 11 is 0. The summed E-state index contributed by atoms with van der Waals surface area (Å²) in [5.74, 6) is -1.01. The number of carboxylic acids is 1. The number of hydrogen-bond donors (Lipinski definition) is 3. The molecule has 1 rings (SSSR count). The van der Waals surface area contributed by atoms with Crippen LogP contribution < -0.4 is 10.6 Å². The largest absolute Gasteiger partial charge is 0.480 e. The minimum atomic E-state index is -1.01. The molecule has 0 bridgehead atoms. The molecule has 1 saturated carbocycles. The number of carboxylic acid groups (broad SMARTS) is 1. The summed E-state index contributed by atoms with van der Waals surface area (Å²) in [5.41, 5.74) is 0.261. The van der Waals surface area contributed by atoms with E-state index in [2.05, 4.69) is 17.6 Å². The van der Waals surface area contributed by atoms with E-state index in [9.17, 15) is 9.59 Å². The predicted octanol–water partition coefficient (Wildman–Crippen LogP) is 0.577. The molecule has 0 aromatic rings. The third-order valence-corrected chi connectivity index (χ3v) is 2.99. The normalized spacial score (nSPS) is 17.0. The lowest BCUT2D eigenvalue weighted by molar-refractivity contribution is -0.142. The molecule has 6 heteroatoms. The molecule has 0 aromatic heterocycles. The van der Waals surface area contributed by atoms with Gasteiger partial charge < -0.3 is 20.5 Å². The molecule has 1 fully saturated rings. The highest BCUT2D eigenvalue weighted by atomic mass is 16.5. The lowest BCUT2D eigenvalue weighted by Crippen LogP contribution is -2.44. The number of aliphatic carboxylic acids is 1. The van der Waals surface area contributed by atoms with Crippen molar-refractivity contribution in [2.45, 2.75) is 26.2 Å². The van der Waals surface area contributed by atoms with Gasteiger partial charge in [0.15, 0.2) is 0 Å². The van der Waals surface area contributed by atoms with E-state index in [1.54, 1.807) is 0 Å². The number of nitrogens with one attached hydrogen (secondary N) is 2. The molecule has 6 nitrogen and oxygen atoms in total. The average molecular weight is 244 g/mol. The second-order valence-corrected chi connectivity index (χ2v) is 4.72. The summed E-state index contributed by atoms with van der Waals surface area (Å²) in [5, 5.41) is 13.7. The van der Waals surface area contributed by atoms with Crippen molar-refractivity contribution < 1.29 is 19.4 Å². The highest BCUT2D eigenvalue weighted by Gasteiger charge is 2.31. The van der Waals surface area contributed by atoms with Gasteiger partial charge in [-0.25, -0.2) is 9.59 Å². The van der Waals surface area contributed by atoms with E-state index < -0.39 is 5.97 Å². The van der Waals surface area contributed by atoms with Crippen molar-refractivity contribution in [1.82, 2.24) is 10.6 Å². The Labute approximate surface area is 101 Å². The fraction of sp³-hybridized carbons (Fsp3) is 0.818. The van der Waals surface area contributed by atoms with Crippen molar-refractivity contribution in [3.05, 3.63) is 0 Å². The van der Waals surface area contributed by atoms with E-state index >= 15 is 0 Å². The van der Waals surface area contributed by atoms with Crippen molar-refractivity contribution in [1.29, 1.82) is 0 Å². The van der Waals surface area contributed by atoms with E-state index in [0.29, 0.717) is 13.1 Å². The molecule has 2 amide bonds. The van der Waals surface area contributed by atoms with Crippen LogP contribution in [0.3, 0.4) is 0 Å². The Kier molecular flexibility index (Phi) is 5.21. The van der Waals surface area contributed by atoms with E-state index in [-0.39, 0.29) is 24.7 Å². The molecule has 1 aliphatic carbocycles. The highest BCUT2D eigenvalue weighted by Crippen LogP contribution is 2.39. The first kappa shape index (κ1) is 13.8. The van der Waals surface area contributed by atoms with Gasteiger partial charge in [0.25, 0.3) is 0 Å². The molecule has 0 saturated heterocycles. The molecule has 3 N–H and O–H groups in total. The highest BCUT2D eigenvalue weighted by molar-refractivity contribution is 5.73. The molecule has 98 valence electrons. The molecule has 0 heterocycles. The first-order valence-electron chi connectivity index (χ1n) is 5.83. The molecule has 0 aliphatic heterocycles. The quantitative estimate of drug-likeness (QED) is 0.571. The number of amides is 2. The second kappa shape index (κ2) is 6.44. The molecule has 17 heavy (non-hydrogen) atoms. The summed E-state index contributed by atoms with van der Waals surface area (Å²) in [6.07, 6.45) is 3.56. The fourth-order valence-corrected chi connectivity index (χ4v) is 1.71. The van der Waals surface area contributed by atoms with Gasteiger partial charge in [0.05, 0.1) is 6.61 Å². The van der Waals surface area contributed by atoms with Crippen molar-refractivity contribution in [3.63, 3.8) is 0 Å². The standard InChI is InChI=1S/C11H20N2O4/c1-11(3-2-4-11)8-13-10(16)12-5-6-17-7-9(14)15/h2-8H2,1H3,(H,14,15)(H2,12,13,16). The summed E-state index contributed by atoms with van der Waals surface area (Å²) in [7, 11) is 0. The molecular formula is C11H20N2O4. The van der Waals surface area contributed by atoms with E-state index in [4.69, 9.17) is 9.84 Å². The maximum Gasteiger partial charge on any atom is 0.329 e. The van der Waals surface area contributed by atoms with Crippen LogP contribution in [0.4, 0.5) is 4.79 Å². The van der Waals surface area contributed by atoms with E-state index in [0.717, 1.165) is 12.8 Å². The second-order valence-electron chi connectivity index (χ2n) is 4.72. The SMILES string of the molecule is CC1(CNC(=O)NCCOCC(=O)O)CCC1. The summed E-state index contributed by atoms with van der Waals surface area (Å²) in [6, 6.07) is -0.225. The van der Waals surface area contributed by atoms with Crippen molar-refractivity contribution in [3.8, 4) is 0 Å². The summed E-state index contributed by atoms with van der Waals surface area (Å²) < 4.78 is 4.78. The lowest BCUT2D eigenvalue weighted by Gasteiger charge is -2.38. The topological polar surface area (TPSA) is 87.7 Å². The predicted molar refractivity (Wildman–Crippen MR) is 61.8 cm³/mol. The Morgan fingerprint density at radius 3 is 2.59 bits per heavy atom. The van der Waals surface area contributed by atoms with Gasteiger partial charge >= 0.3 is 12.0 Å². The van der Waals surface area contributed by atoms with Crippen LogP contribution in [0, 0.1) is 5.41 Å². The Hall–Kier alpha value is -1.30. The van der Waals surface area contributed by atoms with Gasteiger partial charge in [-0.15, -0.1) is 0 Å². The molecule has 0 unspecified atom stereocenters. The van der Waals surface area contributed by atoms with Gasteiger partial charge in [-0.05, 0) is 18.3 Å². The van der Waals surface area contributed by atoms with E-state index in [1.165, 1.54) is 6.42 Å². The molecular weight excluding hydrogens is 224 g/mol. The maximum atomic E-state index is 11.3. The Balaban J connectivity index is 1.96. The van der Waals surface area contributed by atoms with Crippen molar-refractivity contribution >= 4 is 12.0 Å². The first-order chi connectivity index (χ1) is 8.02. The zero-order valence-corrected chi connectivity index (χ0v) is 10.1. The minimum absolute atomic E-state index is 0.205. The van der Waals surface area contributed by atoms with Gasteiger partial charge in [0.1, 0.15) is 6.61 Å². The Morgan fingerprint density at radius 2 is 2.06 bits per heavy atom. The van der Waals surface area contributed by atoms with Crippen LogP contribution in [-0.4, -0.2) is 43.4 Å². The number of ether oxygens (including phenoxy) is 1. The van der Waals surface area contributed by atoms with Crippen LogP contribution in [0.15, 0.2) is 0 Å². The van der Waals surface area contributed by atoms with Gasteiger partial charge in [-0.2, -0.15) is 0 Å². The molecule has 0 spiro atoms. The zero-order chi connectivity index (χ0) is 12.7. The number of carbonyl (C=O) groups excluding carboxylic acids is 1. The number of hydrogen-bond acceptors (Lipinski definition) is 3. The van der Waals surface area contributed by atoms with Crippen LogP contribution in [0.5, 0.6) is 0 Å². The Bertz CT molecular complexity index is 277. The van der Waals surface area contributed by atoms with Gasteiger partial charge in [-0.3, -0.25) is 0 Å². The number of carbonyl (C=O) groups is 2. The Morgan fingerprint density at radius 1 is 1.35 bits per heavy atom. The maximum absolute atomic E-state index is 11.3. The molecule has 0 atom stereocenters. The van der Waals surface area contributed by atoms with Crippen molar-refractivity contribution in [2.75, 3.05) is 26.3 Å². The lowest BCUT2D eigenvalue weighted by atomic mass is 9.70. The van der Waals surface area contributed by atoms with Crippen LogP contribution in [0.25, 0.3) is 0 Å².